The fourth-order valence-electron chi connectivity index (χ4n) is 3.41. The average Bonchev–Trinajstić information content (AvgIpc) is 2.59. The van der Waals surface area contributed by atoms with Gasteiger partial charge >= 0.3 is 0 Å². The van der Waals surface area contributed by atoms with Crippen molar-refractivity contribution in [2.45, 2.75) is 51.0 Å². The number of likely N-dealkylation sites (tertiary alicyclic amines) is 1. The minimum Gasteiger partial charge on any atom is -0.325 e. The molecule has 6 nitrogen and oxygen atoms in total. The summed E-state index contributed by atoms with van der Waals surface area (Å²) in [6.45, 7) is 7.84. The lowest BCUT2D eigenvalue weighted by Crippen LogP contribution is -3.17. The molecule has 1 aromatic rings. The molecule has 0 spiro atoms. The Morgan fingerprint density at radius 2 is 2.00 bits per heavy atom. The molecule has 8 heteroatoms. The highest BCUT2D eigenvalue weighted by Crippen LogP contribution is 2.27. The number of hydrogen-bond donors (Lipinski definition) is 2. The van der Waals surface area contributed by atoms with Crippen LogP contribution in [-0.2, 0) is 14.8 Å². The maximum atomic E-state index is 12.7. The van der Waals surface area contributed by atoms with E-state index in [9.17, 15) is 13.2 Å². The molecule has 0 radical (unpaired) electrons. The Labute approximate surface area is 161 Å². The van der Waals surface area contributed by atoms with Crippen LogP contribution in [0, 0.1) is 0 Å². The molecule has 26 heavy (non-hydrogen) atoms. The normalized spacial score (nSPS) is 21.0. The van der Waals surface area contributed by atoms with Crippen LogP contribution in [0.2, 0.25) is 5.02 Å². The Morgan fingerprint density at radius 3 is 2.62 bits per heavy atom. The van der Waals surface area contributed by atoms with Crippen LogP contribution in [0.3, 0.4) is 0 Å². The standard InChI is InChI=1S/C18H28ClN3O3S/c1-4-22(5-2)26(24,25)17-12-15(9-10-16(17)19)20-18(23)13-21-11-7-6-8-14(21)3/h9-10,12,14H,4-8,11,13H2,1-3H3,(H,20,23)/p+1/t14-/m1/s1. The third-order valence-corrected chi connectivity index (χ3v) is 7.54. The Bertz CT molecular complexity index is 735. The zero-order valence-corrected chi connectivity index (χ0v) is 17.3. The Hall–Kier alpha value is -1.15. The SMILES string of the molecule is CCN(CC)S(=O)(=O)c1cc(NC(=O)C[NH+]2CCCC[C@H]2C)ccc1Cl. The van der Waals surface area contributed by atoms with Gasteiger partial charge in [-0.1, -0.05) is 25.4 Å². The summed E-state index contributed by atoms with van der Waals surface area (Å²) in [5.74, 6) is -0.109. The summed E-state index contributed by atoms with van der Waals surface area (Å²) >= 11 is 6.13. The molecule has 1 aromatic carbocycles. The zero-order valence-electron chi connectivity index (χ0n) is 15.7. The van der Waals surface area contributed by atoms with Gasteiger partial charge in [0.05, 0.1) is 17.6 Å². The van der Waals surface area contributed by atoms with Gasteiger partial charge < -0.3 is 10.2 Å². The average molecular weight is 403 g/mol. The number of hydrogen-bond acceptors (Lipinski definition) is 3. The van der Waals surface area contributed by atoms with E-state index in [0.717, 1.165) is 19.4 Å². The maximum Gasteiger partial charge on any atom is 0.279 e. The van der Waals surface area contributed by atoms with Gasteiger partial charge in [-0.3, -0.25) is 4.79 Å². The Kier molecular flexibility index (Phi) is 7.46. The highest BCUT2D eigenvalue weighted by atomic mass is 35.5. The van der Waals surface area contributed by atoms with E-state index in [0.29, 0.717) is 31.4 Å². The third-order valence-electron chi connectivity index (χ3n) is 5.01. The van der Waals surface area contributed by atoms with E-state index in [1.165, 1.54) is 27.8 Å². The van der Waals surface area contributed by atoms with Gasteiger partial charge in [0.25, 0.3) is 5.91 Å². The summed E-state index contributed by atoms with van der Waals surface area (Å²) in [5, 5.41) is 2.98. The van der Waals surface area contributed by atoms with Crippen LogP contribution >= 0.6 is 11.6 Å². The summed E-state index contributed by atoms with van der Waals surface area (Å²) in [7, 11) is -3.68. The smallest absolute Gasteiger partial charge is 0.279 e. The van der Waals surface area contributed by atoms with Gasteiger partial charge in [0.15, 0.2) is 6.54 Å². The number of sulfonamides is 1. The van der Waals surface area contributed by atoms with E-state index in [4.69, 9.17) is 11.6 Å². The van der Waals surface area contributed by atoms with Crippen molar-refractivity contribution >= 4 is 33.2 Å². The fraction of sp³-hybridized carbons (Fsp3) is 0.611. The number of benzene rings is 1. The lowest BCUT2D eigenvalue weighted by Gasteiger charge is -2.29. The number of nitrogens with one attached hydrogen (secondary N) is 2. The summed E-state index contributed by atoms with van der Waals surface area (Å²) < 4.78 is 26.8. The van der Waals surface area contributed by atoms with Crippen molar-refractivity contribution in [3.63, 3.8) is 0 Å². The molecule has 2 N–H and O–H groups in total. The van der Waals surface area contributed by atoms with Gasteiger partial charge in [0.2, 0.25) is 10.0 Å². The van der Waals surface area contributed by atoms with E-state index in [-0.39, 0.29) is 15.8 Å². The number of piperidine rings is 1. The highest BCUT2D eigenvalue weighted by Gasteiger charge is 2.26. The monoisotopic (exact) mass is 402 g/mol. The van der Waals surface area contributed by atoms with Crippen LogP contribution in [-0.4, -0.2) is 50.9 Å². The molecule has 0 saturated carbocycles. The van der Waals surface area contributed by atoms with Crippen LogP contribution in [0.4, 0.5) is 5.69 Å². The van der Waals surface area contributed by atoms with E-state index < -0.39 is 10.0 Å². The first kappa shape index (κ1) is 21.2. The summed E-state index contributed by atoms with van der Waals surface area (Å²) in [5.41, 5.74) is 0.453. The van der Waals surface area contributed by atoms with Gasteiger partial charge in [0.1, 0.15) is 4.90 Å². The molecule has 2 atom stereocenters. The van der Waals surface area contributed by atoms with E-state index in [1.54, 1.807) is 19.9 Å². The second kappa shape index (κ2) is 9.17. The predicted molar refractivity (Wildman–Crippen MR) is 104 cm³/mol. The zero-order chi connectivity index (χ0) is 19.3. The van der Waals surface area contributed by atoms with Crippen LogP contribution in [0.25, 0.3) is 0 Å². The number of rotatable bonds is 7. The Morgan fingerprint density at radius 1 is 1.31 bits per heavy atom. The minimum atomic E-state index is -3.68. The van der Waals surface area contributed by atoms with Crippen molar-refractivity contribution in [2.75, 3.05) is 31.5 Å². The third kappa shape index (κ3) is 4.97. The number of nitrogens with zero attached hydrogens (tertiary/aromatic N) is 1. The minimum absolute atomic E-state index is 0.0272. The quantitative estimate of drug-likeness (QED) is 0.730. The summed E-state index contributed by atoms with van der Waals surface area (Å²) in [6, 6.07) is 5.07. The van der Waals surface area contributed by atoms with Gasteiger partial charge in [-0.25, -0.2) is 8.42 Å². The number of carbonyl (C=O) groups excluding carboxylic acids is 1. The molecule has 1 fully saturated rings. The number of quaternary nitrogens is 1. The molecule has 146 valence electrons. The molecule has 1 heterocycles. The van der Waals surface area contributed by atoms with Crippen molar-refractivity contribution in [3.05, 3.63) is 23.2 Å². The molecule has 0 bridgehead atoms. The number of carbonyl (C=O) groups is 1. The van der Waals surface area contributed by atoms with Gasteiger partial charge in [0, 0.05) is 18.8 Å². The maximum absolute atomic E-state index is 12.7. The highest BCUT2D eigenvalue weighted by molar-refractivity contribution is 7.89. The van der Waals surface area contributed by atoms with Gasteiger partial charge in [-0.15, -0.1) is 0 Å². The van der Waals surface area contributed by atoms with E-state index in [1.807, 2.05) is 0 Å². The van der Waals surface area contributed by atoms with Crippen LogP contribution < -0.4 is 10.2 Å². The second-order valence-electron chi connectivity index (χ2n) is 6.76. The topological polar surface area (TPSA) is 70.9 Å². The summed E-state index contributed by atoms with van der Waals surface area (Å²) in [4.78, 5) is 13.7. The predicted octanol–water partition coefficient (Wildman–Crippen LogP) is 1.77. The molecule has 1 unspecified atom stereocenters. The van der Waals surface area contributed by atoms with Crippen LogP contribution in [0.5, 0.6) is 0 Å². The first-order valence-electron chi connectivity index (χ1n) is 9.23. The molecule has 1 aliphatic heterocycles. The first-order valence-corrected chi connectivity index (χ1v) is 11.1. The largest absolute Gasteiger partial charge is 0.325 e. The van der Waals surface area contributed by atoms with Crippen molar-refractivity contribution in [3.8, 4) is 0 Å². The Balaban J connectivity index is 2.15. The van der Waals surface area contributed by atoms with Crippen molar-refractivity contribution in [1.82, 2.24) is 4.31 Å². The lowest BCUT2D eigenvalue weighted by atomic mass is 10.0. The molecule has 1 saturated heterocycles. The summed E-state index contributed by atoms with van der Waals surface area (Å²) in [6.07, 6.45) is 3.49. The van der Waals surface area contributed by atoms with Crippen molar-refractivity contribution in [2.24, 2.45) is 0 Å². The van der Waals surface area contributed by atoms with Crippen molar-refractivity contribution in [1.29, 1.82) is 0 Å². The van der Waals surface area contributed by atoms with E-state index in [2.05, 4.69) is 12.2 Å². The fourth-order valence-corrected chi connectivity index (χ4v) is 5.37. The van der Waals surface area contributed by atoms with E-state index >= 15 is 0 Å². The number of amides is 1. The van der Waals surface area contributed by atoms with Crippen LogP contribution in [0.15, 0.2) is 23.1 Å². The molecule has 1 aliphatic rings. The number of halogens is 1. The molecule has 1 amide bonds. The lowest BCUT2D eigenvalue weighted by molar-refractivity contribution is -0.920. The second-order valence-corrected chi connectivity index (χ2v) is 9.08. The molecule has 2 rings (SSSR count). The van der Waals surface area contributed by atoms with Crippen molar-refractivity contribution < 1.29 is 18.1 Å². The molecule has 0 aliphatic carbocycles. The first-order chi connectivity index (χ1) is 12.3. The molecular formula is C18H29ClN3O3S+. The van der Waals surface area contributed by atoms with Crippen LogP contribution in [0.1, 0.15) is 40.0 Å². The molecular weight excluding hydrogens is 374 g/mol. The molecule has 0 aromatic heterocycles. The van der Waals surface area contributed by atoms with Gasteiger partial charge in [-0.05, 0) is 44.4 Å². The van der Waals surface area contributed by atoms with Gasteiger partial charge in [-0.2, -0.15) is 4.31 Å². The number of anilines is 1.